The monoisotopic (exact) mass is 445 g/mol. The van der Waals surface area contributed by atoms with Crippen molar-refractivity contribution in [3.63, 3.8) is 0 Å². The Hall–Kier alpha value is -3.31. The van der Waals surface area contributed by atoms with E-state index in [2.05, 4.69) is 26.0 Å². The number of anilines is 1. The first-order chi connectivity index (χ1) is 15.0. The number of nitrogens with one attached hydrogen (secondary N) is 2. The van der Waals surface area contributed by atoms with Gasteiger partial charge in [0.2, 0.25) is 10.9 Å². The molecule has 0 saturated carbocycles. The van der Waals surface area contributed by atoms with E-state index < -0.39 is 0 Å². The topological polar surface area (TPSA) is 128 Å². The van der Waals surface area contributed by atoms with Crippen molar-refractivity contribution in [1.82, 2.24) is 20.7 Å². The van der Waals surface area contributed by atoms with Gasteiger partial charge in [0.05, 0.1) is 12.8 Å². The number of carbonyl (C=O) groups excluding carboxylic acids is 2. The van der Waals surface area contributed by atoms with Crippen LogP contribution in [0.5, 0.6) is 5.75 Å². The van der Waals surface area contributed by atoms with E-state index in [1.165, 1.54) is 0 Å². The Labute approximate surface area is 182 Å². The molecule has 0 saturated heterocycles. The van der Waals surface area contributed by atoms with Crippen molar-refractivity contribution in [1.29, 1.82) is 0 Å². The van der Waals surface area contributed by atoms with Gasteiger partial charge in [-0.3, -0.25) is 9.59 Å². The van der Waals surface area contributed by atoms with Crippen molar-refractivity contribution in [2.24, 2.45) is 0 Å². The Morgan fingerprint density at radius 2 is 1.94 bits per heavy atom. The summed E-state index contributed by atoms with van der Waals surface area (Å²) in [5.74, 6) is 0.840. The van der Waals surface area contributed by atoms with Gasteiger partial charge in [-0.25, -0.2) is 0 Å². The molecule has 164 valence electrons. The van der Waals surface area contributed by atoms with Gasteiger partial charge in [-0.2, -0.15) is 0 Å². The second kappa shape index (κ2) is 10.6. The zero-order chi connectivity index (χ0) is 22.2. The first-order valence-corrected chi connectivity index (χ1v) is 10.3. The number of carbonyl (C=O) groups is 2. The Morgan fingerprint density at radius 3 is 2.61 bits per heavy atom. The minimum Gasteiger partial charge on any atom is -0.497 e. The van der Waals surface area contributed by atoms with Crippen LogP contribution in [-0.2, 0) is 22.6 Å². The summed E-state index contributed by atoms with van der Waals surface area (Å²) in [5.41, 5.74) is 2.44. The Kier molecular flexibility index (Phi) is 7.68. The SMILES string of the molecule is COc1ccc(NC(=O)c2nnc(COCC(=O)NCCc3c(C)noc3C)s2)cc1. The van der Waals surface area contributed by atoms with Crippen LogP contribution in [0.1, 0.15) is 31.8 Å². The van der Waals surface area contributed by atoms with Crippen LogP contribution in [-0.4, -0.2) is 47.4 Å². The quantitative estimate of drug-likeness (QED) is 0.486. The highest BCUT2D eigenvalue weighted by molar-refractivity contribution is 7.13. The van der Waals surface area contributed by atoms with Crippen molar-refractivity contribution in [2.75, 3.05) is 25.6 Å². The van der Waals surface area contributed by atoms with Crippen molar-refractivity contribution < 1.29 is 23.6 Å². The maximum Gasteiger partial charge on any atom is 0.286 e. The minimum absolute atomic E-state index is 0.0881. The molecule has 3 rings (SSSR count). The van der Waals surface area contributed by atoms with Gasteiger partial charge >= 0.3 is 0 Å². The van der Waals surface area contributed by atoms with Crippen molar-refractivity contribution in [3.05, 3.63) is 51.3 Å². The van der Waals surface area contributed by atoms with E-state index in [9.17, 15) is 9.59 Å². The number of hydrogen-bond donors (Lipinski definition) is 2. The Bertz CT molecular complexity index is 1010. The van der Waals surface area contributed by atoms with Gasteiger partial charge in [0.1, 0.15) is 29.7 Å². The number of benzene rings is 1. The molecular formula is C20H23N5O5S. The van der Waals surface area contributed by atoms with Gasteiger partial charge in [0.25, 0.3) is 5.91 Å². The van der Waals surface area contributed by atoms with Crippen LogP contribution in [0.25, 0.3) is 0 Å². The van der Waals surface area contributed by atoms with Gasteiger partial charge in [-0.15, -0.1) is 10.2 Å². The van der Waals surface area contributed by atoms with E-state index >= 15 is 0 Å². The van der Waals surface area contributed by atoms with Crippen molar-refractivity contribution in [2.45, 2.75) is 26.9 Å². The molecule has 2 aromatic heterocycles. The normalized spacial score (nSPS) is 10.7. The first kappa shape index (κ1) is 22.4. The standard InChI is InChI=1S/C20H23N5O5S/c1-12-16(13(2)30-25-12)8-9-21-17(26)10-29-11-18-23-24-20(31-18)19(27)22-14-4-6-15(28-3)7-5-14/h4-7H,8-11H2,1-3H3,(H,21,26)(H,22,27). The molecule has 31 heavy (non-hydrogen) atoms. The molecule has 0 bridgehead atoms. The lowest BCUT2D eigenvalue weighted by atomic mass is 10.1. The van der Waals surface area contributed by atoms with Crippen LogP contribution in [0.3, 0.4) is 0 Å². The number of ether oxygens (including phenoxy) is 2. The lowest BCUT2D eigenvalue weighted by Gasteiger charge is -2.05. The lowest BCUT2D eigenvalue weighted by molar-refractivity contribution is -0.126. The summed E-state index contributed by atoms with van der Waals surface area (Å²) in [5, 5.41) is 17.9. The number of nitrogens with zero attached hydrogens (tertiary/aromatic N) is 3. The van der Waals surface area contributed by atoms with Gasteiger partial charge in [0, 0.05) is 17.8 Å². The third-order valence-electron chi connectivity index (χ3n) is 4.35. The third kappa shape index (κ3) is 6.33. The van der Waals surface area contributed by atoms with Crippen LogP contribution in [0.4, 0.5) is 5.69 Å². The average Bonchev–Trinajstić information content (AvgIpc) is 3.36. The van der Waals surface area contributed by atoms with E-state index in [0.717, 1.165) is 28.4 Å². The molecule has 3 aromatic rings. The molecule has 1 aromatic carbocycles. The Morgan fingerprint density at radius 1 is 1.16 bits per heavy atom. The van der Waals surface area contributed by atoms with Gasteiger partial charge in [0.15, 0.2) is 0 Å². The molecule has 0 unspecified atom stereocenters. The highest BCUT2D eigenvalue weighted by Crippen LogP contribution is 2.17. The number of aryl methyl sites for hydroxylation is 2. The molecule has 2 heterocycles. The predicted octanol–water partition coefficient (Wildman–Crippen LogP) is 2.28. The average molecular weight is 446 g/mol. The highest BCUT2D eigenvalue weighted by Gasteiger charge is 2.14. The molecule has 10 nitrogen and oxygen atoms in total. The summed E-state index contributed by atoms with van der Waals surface area (Å²) >= 11 is 1.11. The second-order valence-electron chi connectivity index (χ2n) is 6.58. The van der Waals surface area contributed by atoms with E-state index in [0.29, 0.717) is 29.4 Å². The molecular weight excluding hydrogens is 422 g/mol. The number of rotatable bonds is 10. The number of amides is 2. The van der Waals surface area contributed by atoms with Crippen LogP contribution in [0.15, 0.2) is 28.8 Å². The molecule has 0 aliphatic heterocycles. The highest BCUT2D eigenvalue weighted by atomic mass is 32.1. The third-order valence-corrected chi connectivity index (χ3v) is 5.24. The molecule has 0 spiro atoms. The largest absolute Gasteiger partial charge is 0.497 e. The molecule has 11 heteroatoms. The molecule has 0 aliphatic carbocycles. The fourth-order valence-corrected chi connectivity index (χ4v) is 3.40. The lowest BCUT2D eigenvalue weighted by Crippen LogP contribution is -2.29. The molecule has 0 atom stereocenters. The van der Waals surface area contributed by atoms with Crippen LogP contribution >= 0.6 is 11.3 Å². The van der Waals surface area contributed by atoms with E-state index in [1.807, 2.05) is 13.8 Å². The summed E-state index contributed by atoms with van der Waals surface area (Å²) in [6.45, 7) is 4.14. The van der Waals surface area contributed by atoms with Crippen molar-refractivity contribution >= 4 is 28.8 Å². The zero-order valence-corrected chi connectivity index (χ0v) is 18.2. The number of aromatic nitrogens is 3. The molecule has 0 aliphatic rings. The minimum atomic E-state index is -0.369. The van der Waals surface area contributed by atoms with Crippen molar-refractivity contribution in [3.8, 4) is 5.75 Å². The number of hydrogen-bond acceptors (Lipinski definition) is 9. The molecule has 2 amide bonds. The fourth-order valence-electron chi connectivity index (χ4n) is 2.73. The van der Waals surface area contributed by atoms with Gasteiger partial charge in [-0.05, 0) is 44.5 Å². The predicted molar refractivity (Wildman–Crippen MR) is 113 cm³/mol. The first-order valence-electron chi connectivity index (χ1n) is 9.50. The van der Waals surface area contributed by atoms with E-state index in [-0.39, 0.29) is 30.0 Å². The summed E-state index contributed by atoms with van der Waals surface area (Å²) in [6.07, 6.45) is 0.635. The fraction of sp³-hybridized carbons (Fsp3) is 0.350. The maximum atomic E-state index is 12.3. The molecule has 2 N–H and O–H groups in total. The smallest absolute Gasteiger partial charge is 0.286 e. The second-order valence-corrected chi connectivity index (χ2v) is 7.64. The summed E-state index contributed by atoms with van der Waals surface area (Å²) in [7, 11) is 1.57. The summed E-state index contributed by atoms with van der Waals surface area (Å²) in [4.78, 5) is 24.2. The summed E-state index contributed by atoms with van der Waals surface area (Å²) < 4.78 is 15.6. The zero-order valence-electron chi connectivity index (χ0n) is 17.4. The molecule has 0 fully saturated rings. The van der Waals surface area contributed by atoms with E-state index in [1.54, 1.807) is 31.4 Å². The van der Waals surface area contributed by atoms with E-state index in [4.69, 9.17) is 14.0 Å². The van der Waals surface area contributed by atoms with Crippen LogP contribution in [0, 0.1) is 13.8 Å². The van der Waals surface area contributed by atoms with Gasteiger partial charge < -0.3 is 24.6 Å². The van der Waals surface area contributed by atoms with Crippen LogP contribution < -0.4 is 15.4 Å². The van der Waals surface area contributed by atoms with Gasteiger partial charge in [-0.1, -0.05) is 16.5 Å². The number of methoxy groups -OCH3 is 1. The molecule has 0 radical (unpaired) electrons. The Balaban J connectivity index is 1.38. The summed E-state index contributed by atoms with van der Waals surface area (Å²) in [6, 6.07) is 6.95. The maximum absolute atomic E-state index is 12.3. The van der Waals surface area contributed by atoms with Crippen LogP contribution in [0.2, 0.25) is 0 Å².